The predicted molar refractivity (Wildman–Crippen MR) is 102 cm³/mol. The van der Waals surface area contributed by atoms with Crippen LogP contribution in [-0.4, -0.2) is 73.4 Å². The number of carbonyl (C=O) groups is 1. The van der Waals surface area contributed by atoms with Gasteiger partial charge in [0.1, 0.15) is 5.69 Å². The fraction of sp³-hybridized carbons (Fsp3) is 0.632. The number of benzene rings is 1. The lowest BCUT2D eigenvalue weighted by Gasteiger charge is -2.38. The van der Waals surface area contributed by atoms with Crippen molar-refractivity contribution >= 4 is 17.2 Å². The summed E-state index contributed by atoms with van der Waals surface area (Å²) >= 11 is 0. The van der Waals surface area contributed by atoms with Gasteiger partial charge in [0.2, 0.25) is 0 Å². The Morgan fingerprint density at radius 1 is 1.15 bits per heavy atom. The van der Waals surface area contributed by atoms with Crippen molar-refractivity contribution in [1.82, 2.24) is 9.80 Å². The maximum atomic E-state index is 11.5. The van der Waals surface area contributed by atoms with E-state index in [1.807, 2.05) is 0 Å². The lowest BCUT2D eigenvalue weighted by molar-refractivity contribution is -0.384. The van der Waals surface area contributed by atoms with E-state index in [1.54, 1.807) is 12.1 Å². The Hall–Kier alpha value is -1.99. The topological polar surface area (TPSA) is 69.9 Å². The molecule has 142 valence electrons. The number of piperidine rings is 1. The first-order chi connectivity index (χ1) is 12.4. The average Bonchev–Trinajstić information content (AvgIpc) is 2.63. The summed E-state index contributed by atoms with van der Waals surface area (Å²) in [6.45, 7) is 8.76. The number of ketones is 1. The van der Waals surface area contributed by atoms with Crippen LogP contribution >= 0.6 is 0 Å². The zero-order valence-electron chi connectivity index (χ0n) is 15.7. The summed E-state index contributed by atoms with van der Waals surface area (Å²) in [6.07, 6.45) is 2.11. The Morgan fingerprint density at radius 3 is 2.38 bits per heavy atom. The molecule has 2 aliphatic rings. The van der Waals surface area contributed by atoms with Crippen molar-refractivity contribution in [3.05, 3.63) is 33.9 Å². The van der Waals surface area contributed by atoms with Crippen molar-refractivity contribution in [2.24, 2.45) is 5.92 Å². The van der Waals surface area contributed by atoms with Gasteiger partial charge < -0.3 is 14.7 Å². The van der Waals surface area contributed by atoms with E-state index in [1.165, 1.54) is 13.0 Å². The highest BCUT2D eigenvalue weighted by Crippen LogP contribution is 2.32. The summed E-state index contributed by atoms with van der Waals surface area (Å²) in [6, 6.07) is 4.84. The Balaban J connectivity index is 1.61. The minimum atomic E-state index is -0.377. The smallest absolute Gasteiger partial charge is 0.293 e. The average molecular weight is 360 g/mol. The third-order valence-corrected chi connectivity index (χ3v) is 5.65. The molecule has 1 aromatic rings. The number of hydrogen-bond donors (Lipinski definition) is 0. The number of nitro benzene ring substituents is 1. The summed E-state index contributed by atoms with van der Waals surface area (Å²) in [5.41, 5.74) is 1.07. The first-order valence-corrected chi connectivity index (χ1v) is 9.39. The predicted octanol–water partition coefficient (Wildman–Crippen LogP) is 2.26. The first kappa shape index (κ1) is 18.8. The van der Waals surface area contributed by atoms with Crippen molar-refractivity contribution in [3.8, 4) is 0 Å². The van der Waals surface area contributed by atoms with Gasteiger partial charge in [-0.25, -0.2) is 0 Å². The summed E-state index contributed by atoms with van der Waals surface area (Å²) in [5, 5.41) is 11.4. The normalized spacial score (nSPS) is 20.3. The Bertz CT molecular complexity index is 663. The highest BCUT2D eigenvalue weighted by molar-refractivity contribution is 5.95. The molecule has 2 saturated heterocycles. The number of Topliss-reactive ketones (excluding diaryl/α,β-unsaturated/α-hetero) is 1. The molecule has 0 N–H and O–H groups in total. The number of likely N-dealkylation sites (N-methyl/N-ethyl adjacent to an activating group) is 1. The van der Waals surface area contributed by atoms with Gasteiger partial charge in [0.25, 0.3) is 5.69 Å². The molecule has 26 heavy (non-hydrogen) atoms. The molecular formula is C19H28N4O3. The zero-order chi connectivity index (χ0) is 18.7. The van der Waals surface area contributed by atoms with Crippen molar-refractivity contribution < 1.29 is 9.72 Å². The second-order valence-corrected chi connectivity index (χ2v) is 7.55. The minimum absolute atomic E-state index is 0.0372. The third-order valence-electron chi connectivity index (χ3n) is 5.65. The number of rotatable bonds is 5. The molecule has 0 aromatic heterocycles. The molecule has 0 atom stereocenters. The largest absolute Gasteiger partial charge is 0.366 e. The number of carbonyl (C=O) groups excluding carboxylic acids is 1. The van der Waals surface area contributed by atoms with Crippen molar-refractivity contribution in [3.63, 3.8) is 0 Å². The molecule has 2 aliphatic heterocycles. The van der Waals surface area contributed by atoms with Crippen LogP contribution in [0.1, 0.15) is 30.1 Å². The molecule has 7 nitrogen and oxygen atoms in total. The van der Waals surface area contributed by atoms with Gasteiger partial charge in [0.15, 0.2) is 5.78 Å². The second kappa shape index (κ2) is 8.14. The van der Waals surface area contributed by atoms with Gasteiger partial charge in [0, 0.05) is 57.4 Å². The molecule has 0 unspecified atom stereocenters. The minimum Gasteiger partial charge on any atom is -0.366 e. The van der Waals surface area contributed by atoms with E-state index in [0.717, 1.165) is 58.7 Å². The zero-order valence-corrected chi connectivity index (χ0v) is 15.7. The molecule has 2 heterocycles. The molecule has 0 radical (unpaired) electrons. The Morgan fingerprint density at radius 2 is 1.81 bits per heavy atom. The quantitative estimate of drug-likeness (QED) is 0.456. The SMILES string of the molecule is CC(=O)c1ccc(N2CCC(CN3CCN(C)CC3)CC2)c([N+](=O)[O-])c1. The van der Waals surface area contributed by atoms with Crippen molar-refractivity contribution in [2.75, 3.05) is 57.8 Å². The Kier molecular flexibility index (Phi) is 5.88. The van der Waals surface area contributed by atoms with E-state index in [4.69, 9.17) is 0 Å². The fourth-order valence-corrected chi connectivity index (χ4v) is 3.91. The molecular weight excluding hydrogens is 332 g/mol. The molecule has 1 aromatic carbocycles. The maximum absolute atomic E-state index is 11.5. The van der Waals surface area contributed by atoms with Gasteiger partial charge >= 0.3 is 0 Å². The van der Waals surface area contributed by atoms with Crippen LogP contribution in [0.25, 0.3) is 0 Å². The van der Waals surface area contributed by atoms with Gasteiger partial charge in [-0.3, -0.25) is 14.9 Å². The van der Waals surface area contributed by atoms with Gasteiger partial charge in [-0.15, -0.1) is 0 Å². The van der Waals surface area contributed by atoms with E-state index >= 15 is 0 Å². The van der Waals surface area contributed by atoms with Crippen LogP contribution in [0, 0.1) is 16.0 Å². The van der Waals surface area contributed by atoms with Crippen LogP contribution in [0.5, 0.6) is 0 Å². The van der Waals surface area contributed by atoms with Crippen LogP contribution < -0.4 is 4.90 Å². The number of piperazine rings is 1. The van der Waals surface area contributed by atoms with Crippen LogP contribution in [-0.2, 0) is 0 Å². The molecule has 0 amide bonds. The second-order valence-electron chi connectivity index (χ2n) is 7.55. The Labute approximate surface area is 154 Å². The van der Waals surface area contributed by atoms with Gasteiger partial charge in [0.05, 0.1) is 4.92 Å². The van der Waals surface area contributed by atoms with E-state index in [-0.39, 0.29) is 16.4 Å². The summed E-state index contributed by atoms with van der Waals surface area (Å²) in [7, 11) is 2.17. The summed E-state index contributed by atoms with van der Waals surface area (Å²) in [5.74, 6) is 0.510. The monoisotopic (exact) mass is 360 g/mol. The van der Waals surface area contributed by atoms with Gasteiger partial charge in [-0.05, 0) is 44.9 Å². The molecule has 0 aliphatic carbocycles. The van der Waals surface area contributed by atoms with Gasteiger partial charge in [-0.1, -0.05) is 0 Å². The third kappa shape index (κ3) is 4.40. The first-order valence-electron chi connectivity index (χ1n) is 9.39. The number of anilines is 1. The molecule has 0 spiro atoms. The fourth-order valence-electron chi connectivity index (χ4n) is 3.91. The van der Waals surface area contributed by atoms with Crippen LogP contribution in [0.3, 0.4) is 0 Å². The molecule has 7 heteroatoms. The van der Waals surface area contributed by atoms with E-state index in [9.17, 15) is 14.9 Å². The molecule has 0 bridgehead atoms. The molecule has 2 fully saturated rings. The van der Waals surface area contributed by atoms with E-state index in [0.29, 0.717) is 17.2 Å². The molecule has 0 saturated carbocycles. The van der Waals surface area contributed by atoms with Gasteiger partial charge in [-0.2, -0.15) is 0 Å². The number of nitro groups is 1. The van der Waals surface area contributed by atoms with Crippen LogP contribution in [0.4, 0.5) is 11.4 Å². The summed E-state index contributed by atoms with van der Waals surface area (Å²) < 4.78 is 0. The standard InChI is InChI=1S/C19H28N4O3/c1-15(24)17-3-4-18(19(13-17)23(25)26)22-7-5-16(6-8-22)14-21-11-9-20(2)10-12-21/h3-4,13,16H,5-12,14H2,1-2H3. The highest BCUT2D eigenvalue weighted by atomic mass is 16.6. The van der Waals surface area contributed by atoms with Crippen molar-refractivity contribution in [2.45, 2.75) is 19.8 Å². The summed E-state index contributed by atoms with van der Waals surface area (Å²) in [4.78, 5) is 29.6. The number of nitrogens with zero attached hydrogens (tertiary/aromatic N) is 4. The molecule has 3 rings (SSSR count). The maximum Gasteiger partial charge on any atom is 0.293 e. The lowest BCUT2D eigenvalue weighted by Crippen LogP contribution is -2.47. The van der Waals surface area contributed by atoms with Crippen LogP contribution in [0.15, 0.2) is 18.2 Å². The lowest BCUT2D eigenvalue weighted by atomic mass is 9.95. The highest BCUT2D eigenvalue weighted by Gasteiger charge is 2.27. The van der Waals surface area contributed by atoms with E-state index < -0.39 is 0 Å². The van der Waals surface area contributed by atoms with Crippen molar-refractivity contribution in [1.29, 1.82) is 0 Å². The van der Waals surface area contributed by atoms with E-state index in [2.05, 4.69) is 21.7 Å². The van der Waals surface area contributed by atoms with Crippen LogP contribution in [0.2, 0.25) is 0 Å². The number of hydrogen-bond acceptors (Lipinski definition) is 6.